The van der Waals surface area contributed by atoms with Crippen LogP contribution in [0.2, 0.25) is 0 Å². The number of H-pyrrole nitrogens is 1. The van der Waals surface area contributed by atoms with Crippen LogP contribution in [0.5, 0.6) is 0 Å². The van der Waals surface area contributed by atoms with Gasteiger partial charge in [-0.2, -0.15) is 18.3 Å². The monoisotopic (exact) mass is 442 g/mol. The fourth-order valence-electron chi connectivity index (χ4n) is 3.69. The van der Waals surface area contributed by atoms with Crippen LogP contribution in [0.25, 0.3) is 22.5 Å². The van der Waals surface area contributed by atoms with E-state index in [0.29, 0.717) is 48.7 Å². The summed E-state index contributed by atoms with van der Waals surface area (Å²) in [6, 6.07) is 13.7. The number of nitrogens with one attached hydrogen (secondary N) is 1. The van der Waals surface area contributed by atoms with Crippen molar-refractivity contribution in [2.24, 2.45) is 0 Å². The lowest BCUT2D eigenvalue weighted by molar-refractivity contribution is -0.137. The van der Waals surface area contributed by atoms with E-state index < -0.39 is 11.7 Å². The molecule has 1 aliphatic heterocycles. The van der Waals surface area contributed by atoms with Crippen molar-refractivity contribution < 1.29 is 22.8 Å². The second-order valence-corrected chi connectivity index (χ2v) is 7.61. The van der Waals surface area contributed by atoms with E-state index in [-0.39, 0.29) is 5.91 Å². The van der Waals surface area contributed by atoms with E-state index in [1.54, 1.807) is 46.2 Å². The molecule has 2 aromatic carbocycles. The molecule has 1 aromatic heterocycles. The van der Waals surface area contributed by atoms with Gasteiger partial charge in [0.15, 0.2) is 0 Å². The first kappa shape index (κ1) is 21.6. The van der Waals surface area contributed by atoms with Gasteiger partial charge in [0, 0.05) is 37.3 Å². The van der Waals surface area contributed by atoms with Crippen molar-refractivity contribution in [3.63, 3.8) is 0 Å². The number of carbonyl (C=O) groups is 2. The molecule has 1 fully saturated rings. The Morgan fingerprint density at radius 3 is 2.47 bits per heavy atom. The molecule has 3 aromatic rings. The summed E-state index contributed by atoms with van der Waals surface area (Å²) in [5, 5.41) is 6.99. The second kappa shape index (κ2) is 8.86. The Bertz CT molecular complexity index is 1110. The summed E-state index contributed by atoms with van der Waals surface area (Å²) in [4.78, 5) is 27.2. The van der Waals surface area contributed by atoms with Crippen LogP contribution >= 0.6 is 0 Å². The zero-order chi connectivity index (χ0) is 22.7. The smallest absolute Gasteiger partial charge is 0.343 e. The number of carbonyl (C=O) groups excluding carboxylic acids is 2. The number of alkyl halides is 3. The molecule has 32 heavy (non-hydrogen) atoms. The molecule has 0 aliphatic carbocycles. The maximum absolute atomic E-state index is 13.0. The average Bonchev–Trinajstić information content (AvgIpc) is 3.17. The standard InChI is InChI=1S/C23H21F3N4O2/c24-23(25,26)19-4-1-3-18(13-19)21-14-20(27-28-21)16-5-7-17(8-6-16)22(32)30-10-2-9-29(15-31)11-12-30/h1,3-8,13-15H,2,9-12H2,(H,27,28). The quantitative estimate of drug-likeness (QED) is 0.620. The van der Waals surface area contributed by atoms with E-state index in [1.807, 2.05) is 0 Å². The van der Waals surface area contributed by atoms with Crippen LogP contribution in [0.15, 0.2) is 54.6 Å². The van der Waals surface area contributed by atoms with Crippen LogP contribution in [-0.2, 0) is 11.0 Å². The fraction of sp³-hybridized carbons (Fsp3) is 0.261. The zero-order valence-corrected chi connectivity index (χ0v) is 17.1. The number of hydrogen-bond acceptors (Lipinski definition) is 3. The number of nitrogens with zero attached hydrogens (tertiary/aromatic N) is 3. The predicted molar refractivity (Wildman–Crippen MR) is 113 cm³/mol. The highest BCUT2D eigenvalue weighted by atomic mass is 19.4. The number of benzene rings is 2. The van der Waals surface area contributed by atoms with Crippen LogP contribution in [0, 0.1) is 0 Å². The largest absolute Gasteiger partial charge is 0.416 e. The van der Waals surface area contributed by atoms with Gasteiger partial charge in [0.1, 0.15) is 0 Å². The van der Waals surface area contributed by atoms with Crippen LogP contribution in [-0.4, -0.2) is 58.5 Å². The number of rotatable bonds is 4. The molecule has 1 aliphatic rings. The lowest BCUT2D eigenvalue weighted by Crippen LogP contribution is -2.34. The van der Waals surface area contributed by atoms with Crippen LogP contribution < -0.4 is 0 Å². The summed E-state index contributed by atoms with van der Waals surface area (Å²) in [6.07, 6.45) is -2.88. The first-order chi connectivity index (χ1) is 15.3. The third kappa shape index (κ3) is 4.66. The van der Waals surface area contributed by atoms with Crippen LogP contribution in [0.1, 0.15) is 22.3 Å². The van der Waals surface area contributed by atoms with Gasteiger partial charge in [0.05, 0.1) is 17.0 Å². The number of aromatic nitrogens is 2. The summed E-state index contributed by atoms with van der Waals surface area (Å²) in [5.41, 5.74) is 1.95. The molecule has 0 atom stereocenters. The number of amides is 2. The summed E-state index contributed by atoms with van der Waals surface area (Å²) in [5.74, 6) is -0.0986. The van der Waals surface area contributed by atoms with E-state index >= 15 is 0 Å². The van der Waals surface area contributed by atoms with Gasteiger partial charge in [-0.25, -0.2) is 0 Å². The minimum Gasteiger partial charge on any atom is -0.343 e. The first-order valence-electron chi connectivity index (χ1n) is 10.2. The summed E-state index contributed by atoms with van der Waals surface area (Å²) in [7, 11) is 0. The molecule has 9 heteroatoms. The molecule has 2 amide bonds. The Kier molecular flexibility index (Phi) is 5.98. The summed E-state index contributed by atoms with van der Waals surface area (Å²) < 4.78 is 38.9. The first-order valence-corrected chi connectivity index (χ1v) is 10.2. The maximum Gasteiger partial charge on any atom is 0.416 e. The SMILES string of the molecule is O=CN1CCCN(C(=O)c2ccc(-c3cc(-c4cccc(C(F)(F)F)c4)n[nH]3)cc2)CC1. The van der Waals surface area contributed by atoms with Crippen molar-refractivity contribution in [2.75, 3.05) is 26.2 Å². The number of aromatic amines is 1. The molecular formula is C23H21F3N4O2. The molecule has 1 N–H and O–H groups in total. The van der Waals surface area contributed by atoms with Gasteiger partial charge < -0.3 is 9.80 Å². The van der Waals surface area contributed by atoms with Crippen molar-refractivity contribution in [3.8, 4) is 22.5 Å². The zero-order valence-electron chi connectivity index (χ0n) is 17.1. The summed E-state index contributed by atoms with van der Waals surface area (Å²) >= 11 is 0. The molecule has 0 bridgehead atoms. The molecule has 2 heterocycles. The van der Waals surface area contributed by atoms with E-state index in [0.717, 1.165) is 30.5 Å². The highest BCUT2D eigenvalue weighted by Crippen LogP contribution is 2.32. The minimum absolute atomic E-state index is 0.0986. The molecule has 166 valence electrons. The van der Waals surface area contributed by atoms with Gasteiger partial charge in [0.25, 0.3) is 5.91 Å². The third-order valence-electron chi connectivity index (χ3n) is 5.47. The summed E-state index contributed by atoms with van der Waals surface area (Å²) in [6.45, 7) is 2.23. The second-order valence-electron chi connectivity index (χ2n) is 7.61. The highest BCUT2D eigenvalue weighted by Gasteiger charge is 2.30. The van der Waals surface area contributed by atoms with Crippen molar-refractivity contribution in [2.45, 2.75) is 12.6 Å². The lowest BCUT2D eigenvalue weighted by Gasteiger charge is -2.20. The molecule has 6 nitrogen and oxygen atoms in total. The van der Waals surface area contributed by atoms with Crippen molar-refractivity contribution in [3.05, 3.63) is 65.7 Å². The molecular weight excluding hydrogens is 421 g/mol. The van der Waals surface area contributed by atoms with Gasteiger partial charge in [-0.1, -0.05) is 24.3 Å². The highest BCUT2D eigenvalue weighted by molar-refractivity contribution is 5.94. The van der Waals surface area contributed by atoms with Gasteiger partial charge >= 0.3 is 6.18 Å². The van der Waals surface area contributed by atoms with E-state index in [9.17, 15) is 22.8 Å². The Balaban J connectivity index is 1.49. The molecule has 0 saturated carbocycles. The molecule has 0 radical (unpaired) electrons. The predicted octanol–water partition coefficient (Wildman–Crippen LogP) is 4.07. The van der Waals surface area contributed by atoms with Gasteiger partial charge in [0.2, 0.25) is 6.41 Å². The van der Waals surface area contributed by atoms with Gasteiger partial charge in [-0.3, -0.25) is 14.7 Å². The van der Waals surface area contributed by atoms with E-state index in [2.05, 4.69) is 10.2 Å². The number of hydrogen-bond donors (Lipinski definition) is 1. The van der Waals surface area contributed by atoms with Crippen molar-refractivity contribution >= 4 is 12.3 Å². The fourth-order valence-corrected chi connectivity index (χ4v) is 3.69. The molecule has 1 saturated heterocycles. The van der Waals surface area contributed by atoms with Crippen LogP contribution in [0.3, 0.4) is 0 Å². The number of halogens is 3. The normalized spacial score (nSPS) is 14.8. The molecule has 0 spiro atoms. The molecule has 4 rings (SSSR count). The van der Waals surface area contributed by atoms with Crippen molar-refractivity contribution in [1.29, 1.82) is 0 Å². The lowest BCUT2D eigenvalue weighted by atomic mass is 10.1. The maximum atomic E-state index is 13.0. The van der Waals surface area contributed by atoms with E-state index in [4.69, 9.17) is 0 Å². The average molecular weight is 442 g/mol. The molecule has 0 unspecified atom stereocenters. The Labute approximate surface area is 182 Å². The third-order valence-corrected chi connectivity index (χ3v) is 5.47. The Morgan fingerprint density at radius 2 is 1.75 bits per heavy atom. The van der Waals surface area contributed by atoms with Gasteiger partial charge in [-0.05, 0) is 42.3 Å². The Morgan fingerprint density at radius 1 is 0.969 bits per heavy atom. The minimum atomic E-state index is -4.42. The van der Waals surface area contributed by atoms with Crippen LogP contribution in [0.4, 0.5) is 13.2 Å². The van der Waals surface area contributed by atoms with Gasteiger partial charge in [-0.15, -0.1) is 0 Å². The Hall–Kier alpha value is -3.62. The van der Waals surface area contributed by atoms with E-state index in [1.165, 1.54) is 6.07 Å². The topological polar surface area (TPSA) is 69.3 Å². The van der Waals surface area contributed by atoms with Crippen molar-refractivity contribution in [1.82, 2.24) is 20.0 Å².